The van der Waals surface area contributed by atoms with Crippen LogP contribution in [0.25, 0.3) is 5.57 Å². The Hall–Kier alpha value is -3.56. The molecule has 0 aliphatic heterocycles. The van der Waals surface area contributed by atoms with Crippen molar-refractivity contribution < 1.29 is 0 Å². The fraction of sp³-hybridized carbons (Fsp3) is 0.297. The van der Waals surface area contributed by atoms with E-state index < -0.39 is 0 Å². The topological polar surface area (TPSA) is 0 Å². The van der Waals surface area contributed by atoms with Crippen LogP contribution in [0.5, 0.6) is 0 Å². The van der Waals surface area contributed by atoms with Gasteiger partial charge in [-0.25, -0.2) is 0 Å². The second kappa shape index (κ2) is 12.1. The van der Waals surface area contributed by atoms with Crippen LogP contribution in [0, 0.1) is 24.2 Å². The maximum atomic E-state index is 5.53. The molecule has 3 aromatic carbocycles. The van der Waals surface area contributed by atoms with Gasteiger partial charge in [0.1, 0.15) is 0 Å². The van der Waals surface area contributed by atoms with Crippen LogP contribution in [0.4, 0.5) is 0 Å². The first-order chi connectivity index (χ1) is 18.2. The average Bonchev–Trinajstić information content (AvgIpc) is 3.50. The predicted octanol–water partition coefficient (Wildman–Crippen LogP) is 9.33. The van der Waals surface area contributed by atoms with Crippen molar-refractivity contribution in [1.82, 2.24) is 0 Å². The van der Waals surface area contributed by atoms with Crippen molar-refractivity contribution >= 4 is 5.57 Å². The van der Waals surface area contributed by atoms with Gasteiger partial charge in [-0.2, -0.15) is 0 Å². The van der Waals surface area contributed by atoms with E-state index in [-0.39, 0.29) is 0 Å². The Labute approximate surface area is 223 Å². The molecule has 3 aromatic rings. The van der Waals surface area contributed by atoms with E-state index in [1.165, 1.54) is 59.1 Å². The number of benzene rings is 3. The molecule has 0 N–H and O–H groups in total. The summed E-state index contributed by atoms with van der Waals surface area (Å²) in [6.45, 7) is 4.69. The number of rotatable bonds is 9. The van der Waals surface area contributed by atoms with Gasteiger partial charge in [0.2, 0.25) is 0 Å². The van der Waals surface area contributed by atoms with Gasteiger partial charge in [0.25, 0.3) is 0 Å². The molecule has 1 fully saturated rings. The van der Waals surface area contributed by atoms with Crippen LogP contribution in [0.3, 0.4) is 0 Å². The fourth-order valence-electron chi connectivity index (χ4n) is 6.30. The lowest BCUT2D eigenvalue weighted by atomic mass is 9.69. The third-order valence-corrected chi connectivity index (χ3v) is 8.40. The molecule has 2 aliphatic rings. The lowest BCUT2D eigenvalue weighted by Gasteiger charge is -2.35. The first-order valence-corrected chi connectivity index (χ1v) is 13.9. The van der Waals surface area contributed by atoms with Gasteiger partial charge in [0.05, 0.1) is 0 Å². The molecule has 1 atom stereocenters. The molecule has 5 rings (SSSR count). The normalized spacial score (nSPS) is 19.7. The predicted molar refractivity (Wildman–Crippen MR) is 158 cm³/mol. The van der Waals surface area contributed by atoms with Gasteiger partial charge in [0, 0.05) is 11.5 Å². The highest BCUT2D eigenvalue weighted by atomic mass is 14.3. The zero-order valence-electron chi connectivity index (χ0n) is 21.9. The fourth-order valence-corrected chi connectivity index (χ4v) is 6.30. The van der Waals surface area contributed by atoms with E-state index in [1.54, 1.807) is 0 Å². The molecule has 0 heteroatoms. The lowest BCUT2D eigenvalue weighted by molar-refractivity contribution is 0.252. The molecule has 0 aromatic heterocycles. The van der Waals surface area contributed by atoms with Crippen LogP contribution < -0.4 is 0 Å². The molecule has 0 amide bonds. The van der Waals surface area contributed by atoms with Crippen molar-refractivity contribution in [2.45, 2.75) is 57.3 Å². The minimum absolute atomic E-state index is 0.432. The number of hydrogen-bond acceptors (Lipinski definition) is 0. The average molecular weight is 483 g/mol. The molecular weight excluding hydrogens is 444 g/mol. The third kappa shape index (κ3) is 6.42. The van der Waals surface area contributed by atoms with Crippen LogP contribution in [0.15, 0.2) is 109 Å². The number of aryl methyl sites for hydroxylation is 1. The van der Waals surface area contributed by atoms with Gasteiger partial charge in [-0.1, -0.05) is 103 Å². The quantitative estimate of drug-likeness (QED) is 0.210. The third-order valence-electron chi connectivity index (χ3n) is 8.40. The van der Waals surface area contributed by atoms with Crippen LogP contribution in [-0.2, 0) is 12.8 Å². The summed E-state index contributed by atoms with van der Waals surface area (Å²) >= 11 is 0. The maximum absolute atomic E-state index is 5.53. The number of allylic oxidation sites excluding steroid dienone is 5. The maximum Gasteiger partial charge on any atom is 0.0242 e. The lowest BCUT2D eigenvalue weighted by Crippen LogP contribution is -2.23. The largest absolute Gasteiger partial charge is 0.115 e. The van der Waals surface area contributed by atoms with Crippen LogP contribution in [-0.4, -0.2) is 0 Å². The molecule has 0 bridgehead atoms. The molecule has 0 spiro atoms. The van der Waals surface area contributed by atoms with E-state index in [4.69, 9.17) is 6.42 Å². The summed E-state index contributed by atoms with van der Waals surface area (Å²) in [6, 6.07) is 28.8. The van der Waals surface area contributed by atoms with E-state index in [9.17, 15) is 0 Å². The smallest absolute Gasteiger partial charge is 0.0242 e. The van der Waals surface area contributed by atoms with Crippen molar-refractivity contribution in [2.24, 2.45) is 11.8 Å². The van der Waals surface area contributed by atoms with E-state index in [1.807, 2.05) is 0 Å². The molecule has 0 saturated heterocycles. The van der Waals surface area contributed by atoms with Crippen molar-refractivity contribution in [1.29, 1.82) is 0 Å². The minimum atomic E-state index is 0.432. The molecule has 1 unspecified atom stereocenters. The second-order valence-corrected chi connectivity index (χ2v) is 10.9. The Morgan fingerprint density at radius 1 is 0.865 bits per heavy atom. The van der Waals surface area contributed by atoms with Gasteiger partial charge in [0.15, 0.2) is 0 Å². The van der Waals surface area contributed by atoms with Crippen molar-refractivity contribution in [3.05, 3.63) is 137 Å². The van der Waals surface area contributed by atoms with E-state index in [0.29, 0.717) is 11.8 Å². The number of terminal acetylenes is 1. The highest BCUT2D eigenvalue weighted by Crippen LogP contribution is 2.43. The molecule has 0 radical (unpaired) electrons. The molecule has 37 heavy (non-hydrogen) atoms. The summed E-state index contributed by atoms with van der Waals surface area (Å²) in [4.78, 5) is 0. The zero-order valence-corrected chi connectivity index (χ0v) is 21.9. The first kappa shape index (κ1) is 25.1. The summed E-state index contributed by atoms with van der Waals surface area (Å²) in [6.07, 6.45) is 21.8. The Bertz CT molecular complexity index is 1270. The minimum Gasteiger partial charge on any atom is -0.115 e. The number of hydrogen-bond donors (Lipinski definition) is 0. The molecule has 186 valence electrons. The summed E-state index contributed by atoms with van der Waals surface area (Å²) in [5.41, 5.74) is 9.29. The van der Waals surface area contributed by atoms with Crippen LogP contribution in [0.2, 0.25) is 0 Å². The summed E-state index contributed by atoms with van der Waals surface area (Å²) < 4.78 is 0. The summed E-state index contributed by atoms with van der Waals surface area (Å²) in [5, 5.41) is 0. The van der Waals surface area contributed by atoms with Crippen molar-refractivity contribution in [3.8, 4) is 12.3 Å². The van der Waals surface area contributed by atoms with Gasteiger partial charge in [-0.05, 0) is 103 Å². The zero-order chi connectivity index (χ0) is 25.5. The first-order valence-electron chi connectivity index (χ1n) is 13.9. The van der Waals surface area contributed by atoms with Gasteiger partial charge < -0.3 is 0 Å². The highest BCUT2D eigenvalue weighted by molar-refractivity contribution is 5.76. The monoisotopic (exact) mass is 482 g/mol. The molecule has 0 heterocycles. The second-order valence-electron chi connectivity index (χ2n) is 10.9. The highest BCUT2D eigenvalue weighted by Gasteiger charge is 2.30. The van der Waals surface area contributed by atoms with Crippen LogP contribution in [0.1, 0.15) is 72.3 Å². The Balaban J connectivity index is 1.28. The Kier molecular flexibility index (Phi) is 8.22. The van der Waals surface area contributed by atoms with Gasteiger partial charge in [-0.3, -0.25) is 0 Å². The van der Waals surface area contributed by atoms with E-state index in [2.05, 4.69) is 110 Å². The Morgan fingerprint density at radius 3 is 2.24 bits per heavy atom. The molecule has 2 aliphatic carbocycles. The van der Waals surface area contributed by atoms with Crippen molar-refractivity contribution in [3.63, 3.8) is 0 Å². The Morgan fingerprint density at radius 2 is 1.59 bits per heavy atom. The molecule has 1 saturated carbocycles. The van der Waals surface area contributed by atoms with Gasteiger partial charge >= 0.3 is 0 Å². The summed E-state index contributed by atoms with van der Waals surface area (Å²) in [5.74, 6) is 4.58. The van der Waals surface area contributed by atoms with E-state index >= 15 is 0 Å². The molecular formula is C37H38. The standard InChI is InChI=1S/C37H38/c1-3-29-15-17-31(18-16-29)27-32-19-21-35(22-20-32)37(28(2)13-14-30-9-5-4-6-10-30)36-25-23-34(24-26-36)33-11-7-8-12-33/h1,4-7,9-12,15-18,23-26,32,35,37H,2,8,13-14,19-22,27H2. The SMILES string of the molecule is C#Cc1ccc(CC2CCC(C(C(=C)CCc3ccccc3)c3ccc(C4=CCC=C4)cc3)CC2)cc1. The van der Waals surface area contributed by atoms with Gasteiger partial charge in [-0.15, -0.1) is 6.42 Å². The molecule has 0 nitrogen and oxygen atoms in total. The van der Waals surface area contributed by atoms with Crippen molar-refractivity contribution in [2.75, 3.05) is 0 Å². The summed E-state index contributed by atoms with van der Waals surface area (Å²) in [7, 11) is 0. The van der Waals surface area contributed by atoms with Crippen LogP contribution >= 0.6 is 0 Å². The van der Waals surface area contributed by atoms with E-state index in [0.717, 1.165) is 37.2 Å².